The van der Waals surface area contributed by atoms with Crippen LogP contribution in [0.2, 0.25) is 0 Å². The predicted octanol–water partition coefficient (Wildman–Crippen LogP) is 3.15. The second-order valence-electron chi connectivity index (χ2n) is 4.40. The molecule has 0 saturated heterocycles. The molecule has 0 spiro atoms. The minimum Gasteiger partial charge on any atom is -0.323 e. The molecule has 21 heavy (non-hydrogen) atoms. The molecule has 0 fully saturated rings. The number of hydrogen-bond donors (Lipinski definition) is 1. The number of nitrogens with one attached hydrogen (secondary N) is 1. The van der Waals surface area contributed by atoms with E-state index in [4.69, 9.17) is 10.5 Å². The monoisotopic (exact) mass is 277 g/mol. The van der Waals surface area contributed by atoms with Crippen molar-refractivity contribution in [2.24, 2.45) is 10.2 Å². The molecular formula is C15H11N5O. The van der Waals surface area contributed by atoms with Crippen molar-refractivity contribution >= 4 is 11.4 Å². The number of benzene rings is 1. The summed E-state index contributed by atoms with van der Waals surface area (Å²) in [5, 5.41) is 26.0. The molecule has 0 amide bonds. The standard InChI is InChI=1S/C15H11N5O/c1-9-13(8-17)15(21)18-10(2)14(9)20-19-12-5-3-4-11(6-12)7-16/h3-6H,1-2H3,(H,18,21). The average Bonchev–Trinajstić information content (AvgIpc) is 2.47. The van der Waals surface area contributed by atoms with Gasteiger partial charge in [-0.3, -0.25) is 4.79 Å². The third-order valence-electron chi connectivity index (χ3n) is 2.97. The first-order valence-electron chi connectivity index (χ1n) is 6.12. The fourth-order valence-electron chi connectivity index (χ4n) is 1.89. The Kier molecular flexibility index (Phi) is 3.92. The molecule has 1 aromatic carbocycles. The van der Waals surface area contributed by atoms with Crippen molar-refractivity contribution in [3.63, 3.8) is 0 Å². The van der Waals surface area contributed by atoms with Crippen LogP contribution in [0.5, 0.6) is 0 Å². The van der Waals surface area contributed by atoms with E-state index in [1.165, 1.54) is 0 Å². The highest BCUT2D eigenvalue weighted by Gasteiger charge is 2.11. The van der Waals surface area contributed by atoms with Gasteiger partial charge in [-0.05, 0) is 32.0 Å². The summed E-state index contributed by atoms with van der Waals surface area (Å²) < 4.78 is 0. The highest BCUT2D eigenvalue weighted by atomic mass is 16.1. The van der Waals surface area contributed by atoms with E-state index >= 15 is 0 Å². The predicted molar refractivity (Wildman–Crippen MR) is 76.6 cm³/mol. The van der Waals surface area contributed by atoms with Gasteiger partial charge in [-0.25, -0.2) is 0 Å². The smallest absolute Gasteiger partial charge is 0.266 e. The minimum absolute atomic E-state index is 0.0281. The molecule has 1 N–H and O–H groups in total. The Balaban J connectivity index is 2.49. The van der Waals surface area contributed by atoms with Crippen molar-refractivity contribution in [3.05, 3.63) is 57.0 Å². The number of azo groups is 1. The minimum atomic E-state index is -0.432. The van der Waals surface area contributed by atoms with Crippen LogP contribution in [-0.2, 0) is 0 Å². The van der Waals surface area contributed by atoms with Crippen LogP contribution in [0.15, 0.2) is 39.3 Å². The van der Waals surface area contributed by atoms with Gasteiger partial charge in [0.15, 0.2) is 0 Å². The molecule has 0 unspecified atom stereocenters. The van der Waals surface area contributed by atoms with Gasteiger partial charge in [0.05, 0.1) is 17.3 Å². The fourth-order valence-corrected chi connectivity index (χ4v) is 1.89. The van der Waals surface area contributed by atoms with Gasteiger partial charge in [0.1, 0.15) is 17.3 Å². The van der Waals surface area contributed by atoms with Gasteiger partial charge in [-0.1, -0.05) is 6.07 Å². The van der Waals surface area contributed by atoms with Crippen molar-refractivity contribution in [1.29, 1.82) is 10.5 Å². The SMILES string of the molecule is Cc1[nH]c(=O)c(C#N)c(C)c1N=Nc1cccc(C#N)c1. The molecular weight excluding hydrogens is 266 g/mol. The molecule has 1 heterocycles. The number of nitrogens with zero attached hydrogens (tertiary/aromatic N) is 4. The highest BCUT2D eigenvalue weighted by molar-refractivity contribution is 5.55. The molecule has 102 valence electrons. The second kappa shape index (κ2) is 5.81. The Morgan fingerprint density at radius 2 is 1.90 bits per heavy atom. The van der Waals surface area contributed by atoms with Crippen LogP contribution in [0.1, 0.15) is 22.4 Å². The van der Waals surface area contributed by atoms with Crippen LogP contribution in [0.3, 0.4) is 0 Å². The molecule has 0 radical (unpaired) electrons. The summed E-state index contributed by atoms with van der Waals surface area (Å²) in [7, 11) is 0. The number of pyridine rings is 1. The number of aryl methyl sites for hydroxylation is 1. The van der Waals surface area contributed by atoms with Gasteiger partial charge in [-0.2, -0.15) is 15.6 Å². The third-order valence-corrected chi connectivity index (χ3v) is 2.97. The quantitative estimate of drug-likeness (QED) is 0.852. The van der Waals surface area contributed by atoms with Crippen molar-refractivity contribution in [2.45, 2.75) is 13.8 Å². The Bertz CT molecular complexity index is 865. The summed E-state index contributed by atoms with van der Waals surface area (Å²) in [6.45, 7) is 3.34. The maximum Gasteiger partial charge on any atom is 0.266 e. The van der Waals surface area contributed by atoms with Crippen LogP contribution in [-0.4, -0.2) is 4.98 Å². The van der Waals surface area contributed by atoms with Crippen molar-refractivity contribution < 1.29 is 0 Å². The molecule has 0 aliphatic heterocycles. The number of nitriles is 2. The Morgan fingerprint density at radius 1 is 1.14 bits per heavy atom. The summed E-state index contributed by atoms with van der Waals surface area (Å²) in [5.74, 6) is 0. The molecule has 6 nitrogen and oxygen atoms in total. The van der Waals surface area contributed by atoms with Crippen LogP contribution < -0.4 is 5.56 Å². The number of hydrogen-bond acceptors (Lipinski definition) is 5. The van der Waals surface area contributed by atoms with Gasteiger partial charge >= 0.3 is 0 Å². The van der Waals surface area contributed by atoms with Gasteiger partial charge in [-0.15, -0.1) is 5.11 Å². The van der Waals surface area contributed by atoms with Gasteiger partial charge in [0.2, 0.25) is 0 Å². The van der Waals surface area contributed by atoms with Crippen LogP contribution in [0, 0.1) is 36.5 Å². The normalized spacial score (nSPS) is 10.3. The van der Waals surface area contributed by atoms with Crippen LogP contribution in [0.4, 0.5) is 11.4 Å². The van der Waals surface area contributed by atoms with Crippen molar-refractivity contribution in [3.8, 4) is 12.1 Å². The summed E-state index contributed by atoms with van der Waals surface area (Å²) in [6.07, 6.45) is 0. The largest absolute Gasteiger partial charge is 0.323 e. The van der Waals surface area contributed by atoms with Crippen molar-refractivity contribution in [2.75, 3.05) is 0 Å². The summed E-state index contributed by atoms with van der Waals surface area (Å²) in [6, 6.07) is 10.6. The first kappa shape index (κ1) is 14.2. The van der Waals surface area contributed by atoms with E-state index in [-0.39, 0.29) is 5.56 Å². The maximum absolute atomic E-state index is 11.6. The molecule has 0 atom stereocenters. The zero-order chi connectivity index (χ0) is 15.4. The fraction of sp³-hybridized carbons (Fsp3) is 0.133. The number of aromatic amines is 1. The van der Waals surface area contributed by atoms with Gasteiger partial charge in [0.25, 0.3) is 5.56 Å². The second-order valence-corrected chi connectivity index (χ2v) is 4.40. The molecule has 2 rings (SSSR count). The topological polar surface area (TPSA) is 105 Å². The van der Waals surface area contributed by atoms with E-state index in [1.807, 2.05) is 12.1 Å². The zero-order valence-electron chi connectivity index (χ0n) is 11.5. The Morgan fingerprint density at radius 3 is 2.57 bits per heavy atom. The van der Waals surface area contributed by atoms with E-state index in [1.54, 1.807) is 38.1 Å². The molecule has 6 heteroatoms. The summed E-state index contributed by atoms with van der Waals surface area (Å²) in [4.78, 5) is 14.2. The van der Waals surface area contributed by atoms with Crippen LogP contribution in [0.25, 0.3) is 0 Å². The third kappa shape index (κ3) is 2.85. The first-order valence-corrected chi connectivity index (χ1v) is 6.12. The lowest BCUT2D eigenvalue weighted by molar-refractivity contribution is 1.07. The lowest BCUT2D eigenvalue weighted by Gasteiger charge is -2.04. The number of rotatable bonds is 2. The number of aromatic nitrogens is 1. The Labute approximate surface area is 121 Å². The molecule has 0 aliphatic rings. The zero-order valence-corrected chi connectivity index (χ0v) is 11.5. The van der Waals surface area contributed by atoms with Gasteiger partial charge < -0.3 is 4.98 Å². The van der Waals surface area contributed by atoms with Crippen LogP contribution >= 0.6 is 0 Å². The average molecular weight is 277 g/mol. The highest BCUT2D eigenvalue weighted by Crippen LogP contribution is 2.25. The summed E-state index contributed by atoms with van der Waals surface area (Å²) in [5.41, 5.74) is 2.08. The summed E-state index contributed by atoms with van der Waals surface area (Å²) >= 11 is 0. The van der Waals surface area contributed by atoms with E-state index < -0.39 is 5.56 Å². The lowest BCUT2D eigenvalue weighted by atomic mass is 10.1. The lowest BCUT2D eigenvalue weighted by Crippen LogP contribution is -2.13. The van der Waals surface area contributed by atoms with E-state index in [0.717, 1.165) is 0 Å². The molecule has 1 aromatic heterocycles. The molecule has 0 aliphatic carbocycles. The maximum atomic E-state index is 11.6. The van der Waals surface area contributed by atoms with E-state index in [9.17, 15) is 4.79 Å². The number of H-pyrrole nitrogens is 1. The molecule has 0 saturated carbocycles. The molecule has 0 bridgehead atoms. The first-order chi connectivity index (χ1) is 10.1. The van der Waals surface area contributed by atoms with E-state index in [2.05, 4.69) is 15.2 Å². The Hall–Kier alpha value is -3.25. The van der Waals surface area contributed by atoms with Crippen molar-refractivity contribution in [1.82, 2.24) is 4.98 Å². The molecule has 2 aromatic rings. The van der Waals surface area contributed by atoms with E-state index in [0.29, 0.717) is 28.2 Å². The van der Waals surface area contributed by atoms with Gasteiger partial charge in [0, 0.05) is 11.3 Å².